The number of hydrogen-bond acceptors (Lipinski definition) is 4. The molecule has 0 bridgehead atoms. The van der Waals surface area contributed by atoms with Crippen molar-refractivity contribution in [3.05, 3.63) is 29.8 Å². The topological polar surface area (TPSA) is 87.2 Å². The highest BCUT2D eigenvalue weighted by molar-refractivity contribution is 5.97. The van der Waals surface area contributed by atoms with Crippen LogP contribution in [0.1, 0.15) is 24.8 Å². The molecule has 1 N–H and O–H groups in total. The summed E-state index contributed by atoms with van der Waals surface area (Å²) in [6.07, 6.45) is 0.845. The molecule has 0 spiro atoms. The minimum absolute atomic E-state index is 0.0391. The fourth-order valence-corrected chi connectivity index (χ4v) is 3.37. The minimum Gasteiger partial charge on any atom is -0.481 e. The summed E-state index contributed by atoms with van der Waals surface area (Å²) in [5.41, 5.74) is 2.01. The van der Waals surface area contributed by atoms with Crippen LogP contribution in [0.2, 0.25) is 0 Å². The standard InChI is InChI=1S/C18H22N2O5/c21-16(19-9-10-25-14(12-19)11-18(23)24)7-8-20-15-4-2-1-3-13(15)5-6-17(20)22/h1-4,14H,5-12H2,(H,23,24)/t14-/m0/s1. The van der Waals surface area contributed by atoms with Crippen molar-refractivity contribution in [1.29, 1.82) is 0 Å². The van der Waals surface area contributed by atoms with Gasteiger partial charge in [0.2, 0.25) is 11.8 Å². The molecule has 1 saturated heterocycles. The number of carboxylic acids is 1. The SMILES string of the molecule is O=C(O)C[C@H]1CN(C(=O)CCN2C(=O)CCc3ccccc32)CCO1. The van der Waals surface area contributed by atoms with Gasteiger partial charge in [-0.2, -0.15) is 0 Å². The summed E-state index contributed by atoms with van der Waals surface area (Å²) in [4.78, 5) is 38.8. The van der Waals surface area contributed by atoms with E-state index in [2.05, 4.69) is 0 Å². The molecule has 3 rings (SSSR count). The molecule has 2 aliphatic rings. The first-order valence-corrected chi connectivity index (χ1v) is 8.54. The number of ether oxygens (including phenoxy) is 1. The quantitative estimate of drug-likeness (QED) is 0.861. The number of aliphatic carboxylic acids is 1. The van der Waals surface area contributed by atoms with Crippen LogP contribution in [0.25, 0.3) is 0 Å². The van der Waals surface area contributed by atoms with Gasteiger partial charge >= 0.3 is 5.97 Å². The van der Waals surface area contributed by atoms with Gasteiger partial charge in [0.1, 0.15) is 0 Å². The summed E-state index contributed by atoms with van der Waals surface area (Å²) in [5, 5.41) is 8.86. The van der Waals surface area contributed by atoms with Crippen LogP contribution in [0.5, 0.6) is 0 Å². The van der Waals surface area contributed by atoms with Crippen molar-refractivity contribution in [3.63, 3.8) is 0 Å². The molecular weight excluding hydrogens is 324 g/mol. The van der Waals surface area contributed by atoms with Crippen molar-refractivity contribution < 1.29 is 24.2 Å². The van der Waals surface area contributed by atoms with E-state index < -0.39 is 12.1 Å². The lowest BCUT2D eigenvalue weighted by atomic mass is 10.0. The fourth-order valence-electron chi connectivity index (χ4n) is 3.37. The molecule has 7 nitrogen and oxygen atoms in total. The second kappa shape index (κ2) is 7.65. The number of hydrogen-bond donors (Lipinski definition) is 1. The van der Waals surface area contributed by atoms with Crippen LogP contribution >= 0.6 is 0 Å². The Morgan fingerprint density at radius 2 is 2.04 bits per heavy atom. The van der Waals surface area contributed by atoms with Crippen molar-refractivity contribution in [1.82, 2.24) is 4.90 Å². The average molecular weight is 346 g/mol. The van der Waals surface area contributed by atoms with Gasteiger partial charge in [-0.3, -0.25) is 14.4 Å². The first-order valence-electron chi connectivity index (χ1n) is 8.54. The summed E-state index contributed by atoms with van der Waals surface area (Å²) in [6.45, 7) is 1.43. The van der Waals surface area contributed by atoms with Crippen molar-refractivity contribution >= 4 is 23.5 Å². The van der Waals surface area contributed by atoms with Crippen LogP contribution in [0.3, 0.4) is 0 Å². The molecule has 7 heteroatoms. The number of amides is 2. The number of carboxylic acid groups (broad SMARTS) is 1. The molecule has 1 aromatic rings. The lowest BCUT2D eigenvalue weighted by molar-refractivity contribution is -0.147. The van der Waals surface area contributed by atoms with Gasteiger partial charge in [0.15, 0.2) is 0 Å². The summed E-state index contributed by atoms with van der Waals surface area (Å²) < 4.78 is 5.39. The summed E-state index contributed by atoms with van der Waals surface area (Å²) in [5.74, 6) is -0.971. The summed E-state index contributed by atoms with van der Waals surface area (Å²) in [6, 6.07) is 7.77. The highest BCUT2D eigenvalue weighted by Crippen LogP contribution is 2.27. The Kier molecular flexibility index (Phi) is 5.33. The zero-order valence-electron chi connectivity index (χ0n) is 14.0. The molecule has 1 atom stereocenters. The first kappa shape index (κ1) is 17.4. The number of morpholine rings is 1. The third-order valence-electron chi connectivity index (χ3n) is 4.63. The zero-order chi connectivity index (χ0) is 17.8. The van der Waals surface area contributed by atoms with E-state index >= 15 is 0 Å². The smallest absolute Gasteiger partial charge is 0.306 e. The number of benzene rings is 1. The van der Waals surface area contributed by atoms with E-state index in [1.807, 2.05) is 24.3 Å². The molecule has 0 unspecified atom stereocenters. The van der Waals surface area contributed by atoms with E-state index in [1.54, 1.807) is 9.80 Å². The van der Waals surface area contributed by atoms with E-state index in [4.69, 9.17) is 9.84 Å². The van der Waals surface area contributed by atoms with Gasteiger partial charge in [-0.1, -0.05) is 18.2 Å². The van der Waals surface area contributed by atoms with Gasteiger partial charge < -0.3 is 19.6 Å². The molecule has 2 heterocycles. The van der Waals surface area contributed by atoms with Crippen molar-refractivity contribution in [2.45, 2.75) is 31.8 Å². The van der Waals surface area contributed by atoms with Gasteiger partial charge in [0.05, 0.1) is 19.1 Å². The number of para-hydroxylation sites is 1. The maximum Gasteiger partial charge on any atom is 0.306 e. The minimum atomic E-state index is -0.935. The van der Waals surface area contributed by atoms with Gasteiger partial charge in [0, 0.05) is 38.2 Å². The lowest BCUT2D eigenvalue weighted by Crippen LogP contribution is -2.47. The third-order valence-corrected chi connectivity index (χ3v) is 4.63. The molecule has 1 fully saturated rings. The second-order valence-electron chi connectivity index (χ2n) is 6.35. The van der Waals surface area contributed by atoms with Crippen molar-refractivity contribution in [2.75, 3.05) is 31.1 Å². The van der Waals surface area contributed by atoms with E-state index in [1.165, 1.54) is 0 Å². The van der Waals surface area contributed by atoms with Crippen LogP contribution in [-0.2, 0) is 25.5 Å². The van der Waals surface area contributed by atoms with Gasteiger partial charge in [-0.05, 0) is 18.1 Å². The maximum absolute atomic E-state index is 12.5. The molecule has 0 radical (unpaired) electrons. The molecule has 134 valence electrons. The van der Waals surface area contributed by atoms with Gasteiger partial charge in [0.25, 0.3) is 0 Å². The Balaban J connectivity index is 1.59. The molecule has 2 amide bonds. The third kappa shape index (κ3) is 4.17. The predicted octanol–water partition coefficient (Wildman–Crippen LogP) is 1.06. The van der Waals surface area contributed by atoms with E-state index in [0.29, 0.717) is 26.1 Å². The Hall–Kier alpha value is -2.41. The lowest BCUT2D eigenvalue weighted by Gasteiger charge is -2.34. The number of rotatable bonds is 5. The highest BCUT2D eigenvalue weighted by atomic mass is 16.5. The number of carbonyl (C=O) groups is 3. The van der Waals surface area contributed by atoms with Crippen LogP contribution < -0.4 is 4.90 Å². The van der Waals surface area contributed by atoms with Crippen molar-refractivity contribution in [2.24, 2.45) is 0 Å². The molecule has 25 heavy (non-hydrogen) atoms. The summed E-state index contributed by atoms with van der Waals surface area (Å²) in [7, 11) is 0. The monoisotopic (exact) mass is 346 g/mol. The molecule has 0 aromatic heterocycles. The largest absolute Gasteiger partial charge is 0.481 e. The molecule has 0 aliphatic carbocycles. The molecule has 0 saturated carbocycles. The van der Waals surface area contributed by atoms with E-state index in [0.717, 1.165) is 17.7 Å². The van der Waals surface area contributed by atoms with Crippen LogP contribution in [0, 0.1) is 0 Å². The number of aryl methyl sites for hydroxylation is 1. The molecule has 1 aromatic carbocycles. The Morgan fingerprint density at radius 3 is 2.84 bits per heavy atom. The second-order valence-corrected chi connectivity index (χ2v) is 6.35. The van der Waals surface area contributed by atoms with Crippen LogP contribution in [0.4, 0.5) is 5.69 Å². The Labute approximate surface area is 146 Å². The van der Waals surface area contributed by atoms with Crippen molar-refractivity contribution in [3.8, 4) is 0 Å². The molecule has 2 aliphatic heterocycles. The number of fused-ring (bicyclic) bond motifs is 1. The average Bonchev–Trinajstić information content (AvgIpc) is 2.60. The number of anilines is 1. The van der Waals surface area contributed by atoms with E-state index in [-0.39, 0.29) is 31.2 Å². The van der Waals surface area contributed by atoms with Gasteiger partial charge in [-0.15, -0.1) is 0 Å². The molecular formula is C18H22N2O5. The predicted molar refractivity (Wildman–Crippen MR) is 90.3 cm³/mol. The maximum atomic E-state index is 12.5. The summed E-state index contributed by atoms with van der Waals surface area (Å²) >= 11 is 0. The number of carbonyl (C=O) groups excluding carboxylic acids is 2. The normalized spacial score (nSPS) is 20.3. The Bertz CT molecular complexity index is 675. The van der Waals surface area contributed by atoms with Crippen LogP contribution in [0.15, 0.2) is 24.3 Å². The first-order chi connectivity index (χ1) is 12.0. The zero-order valence-corrected chi connectivity index (χ0v) is 14.0. The number of nitrogens with zero attached hydrogens (tertiary/aromatic N) is 2. The van der Waals surface area contributed by atoms with E-state index in [9.17, 15) is 14.4 Å². The van der Waals surface area contributed by atoms with Crippen LogP contribution in [-0.4, -0.2) is 60.1 Å². The Morgan fingerprint density at radius 1 is 1.24 bits per heavy atom. The van der Waals surface area contributed by atoms with Gasteiger partial charge in [-0.25, -0.2) is 0 Å². The fraction of sp³-hybridized carbons (Fsp3) is 0.500. The highest BCUT2D eigenvalue weighted by Gasteiger charge is 2.28.